The van der Waals surface area contributed by atoms with Crippen molar-refractivity contribution in [2.24, 2.45) is 5.73 Å². The molecule has 3 N–H and O–H groups in total. The first-order valence-corrected chi connectivity index (χ1v) is 9.13. The molecule has 0 radical (unpaired) electrons. The van der Waals surface area contributed by atoms with Crippen LogP contribution in [0, 0.1) is 11.3 Å². The van der Waals surface area contributed by atoms with Gasteiger partial charge in [0.25, 0.3) is 6.43 Å². The summed E-state index contributed by atoms with van der Waals surface area (Å²) >= 11 is 0. The Balaban J connectivity index is 2.40. The van der Waals surface area contributed by atoms with Crippen LogP contribution in [0.2, 0.25) is 0 Å². The summed E-state index contributed by atoms with van der Waals surface area (Å²) in [5.74, 6) is -1.20. The van der Waals surface area contributed by atoms with Crippen molar-refractivity contribution >= 4 is 11.6 Å². The third kappa shape index (κ3) is 3.52. The molecule has 156 valence electrons. The number of pyridine rings is 1. The minimum atomic E-state index is -2.80. The van der Waals surface area contributed by atoms with Crippen LogP contribution < -0.4 is 20.5 Å². The summed E-state index contributed by atoms with van der Waals surface area (Å²) in [6.45, 7) is 3.56. The number of anilines is 1. The molecule has 1 aromatic heterocycles. The number of amides is 1. The van der Waals surface area contributed by atoms with Crippen molar-refractivity contribution < 1.29 is 23.0 Å². The number of benzene rings is 1. The van der Waals surface area contributed by atoms with Gasteiger partial charge in [0.05, 0.1) is 48.1 Å². The van der Waals surface area contributed by atoms with Crippen LogP contribution in [0.25, 0.3) is 0 Å². The van der Waals surface area contributed by atoms with E-state index in [4.69, 9.17) is 15.2 Å². The van der Waals surface area contributed by atoms with Crippen molar-refractivity contribution in [2.45, 2.75) is 26.2 Å². The zero-order chi connectivity index (χ0) is 22.0. The van der Waals surface area contributed by atoms with Crippen LogP contribution in [0.3, 0.4) is 0 Å². The molecular weight excluding hydrogens is 394 g/mol. The number of hydrogen-bond acceptors (Lipinski definition) is 6. The normalized spacial score (nSPS) is 15.3. The SMILES string of the molecule is CCOc1ncc(C(F)F)c2c1[C@H](c1ccc(C#N)cc1OC)C(C(N)=O)=C(C)N2. The molecule has 1 aromatic carbocycles. The minimum Gasteiger partial charge on any atom is -0.496 e. The number of allylic oxidation sites excluding steroid dienone is 1. The molecule has 0 aliphatic carbocycles. The number of aromatic nitrogens is 1. The van der Waals surface area contributed by atoms with E-state index in [1.165, 1.54) is 13.2 Å². The number of alkyl halides is 2. The van der Waals surface area contributed by atoms with Crippen molar-refractivity contribution in [3.05, 3.63) is 57.9 Å². The maximum atomic E-state index is 13.7. The summed E-state index contributed by atoms with van der Waals surface area (Å²) in [5.41, 5.74) is 7.04. The average molecular weight is 414 g/mol. The van der Waals surface area contributed by atoms with E-state index in [2.05, 4.69) is 10.3 Å². The van der Waals surface area contributed by atoms with Gasteiger partial charge in [-0.2, -0.15) is 5.26 Å². The third-order valence-electron chi connectivity index (χ3n) is 4.86. The van der Waals surface area contributed by atoms with E-state index in [0.717, 1.165) is 6.20 Å². The van der Waals surface area contributed by atoms with Crippen molar-refractivity contribution in [3.8, 4) is 17.7 Å². The molecule has 1 aliphatic heterocycles. The van der Waals surface area contributed by atoms with E-state index >= 15 is 0 Å². The fourth-order valence-corrected chi connectivity index (χ4v) is 3.62. The molecule has 30 heavy (non-hydrogen) atoms. The lowest BCUT2D eigenvalue weighted by Crippen LogP contribution is -2.29. The largest absolute Gasteiger partial charge is 0.496 e. The Labute approximate surface area is 172 Å². The Morgan fingerprint density at radius 3 is 2.73 bits per heavy atom. The number of fused-ring (bicyclic) bond motifs is 1. The standard InChI is InChI=1S/C21H20F2N4O3/c1-4-30-21-17-16(12-6-5-11(8-24)7-14(12)29-3)15(20(25)28)10(2)27-18(17)13(9-26-21)19(22)23/h5-7,9,16,19,27H,4H2,1-3H3,(H2,25,28)/t16-/m1/s1. The minimum absolute atomic E-state index is 0.104. The Morgan fingerprint density at radius 2 is 2.17 bits per heavy atom. The summed E-state index contributed by atoms with van der Waals surface area (Å²) in [5, 5.41) is 12.1. The van der Waals surface area contributed by atoms with Gasteiger partial charge in [0.15, 0.2) is 0 Å². The molecule has 0 bridgehead atoms. The Kier molecular flexibility index (Phi) is 5.87. The topological polar surface area (TPSA) is 110 Å². The summed E-state index contributed by atoms with van der Waals surface area (Å²) in [4.78, 5) is 16.5. The smallest absolute Gasteiger partial charge is 0.267 e. The first-order valence-electron chi connectivity index (χ1n) is 9.13. The van der Waals surface area contributed by atoms with Crippen molar-refractivity contribution in [3.63, 3.8) is 0 Å². The molecule has 3 rings (SSSR count). The molecule has 2 aromatic rings. The number of rotatable bonds is 6. The summed E-state index contributed by atoms with van der Waals surface area (Å²) in [7, 11) is 1.42. The molecule has 2 heterocycles. The van der Waals surface area contributed by atoms with Crippen LogP contribution >= 0.6 is 0 Å². The lowest BCUT2D eigenvalue weighted by molar-refractivity contribution is -0.114. The fraction of sp³-hybridized carbons (Fsp3) is 0.286. The second-order valence-corrected chi connectivity index (χ2v) is 6.57. The van der Waals surface area contributed by atoms with E-state index in [-0.39, 0.29) is 34.9 Å². The van der Waals surface area contributed by atoms with Gasteiger partial charge in [-0.1, -0.05) is 6.07 Å². The molecule has 1 amide bonds. The second kappa shape index (κ2) is 8.37. The number of ether oxygens (including phenoxy) is 2. The van der Waals surface area contributed by atoms with E-state index < -0.39 is 18.3 Å². The number of primary amides is 1. The third-order valence-corrected chi connectivity index (χ3v) is 4.86. The van der Waals surface area contributed by atoms with Gasteiger partial charge in [0, 0.05) is 23.0 Å². The van der Waals surface area contributed by atoms with Crippen LogP contribution in [0.5, 0.6) is 11.6 Å². The van der Waals surface area contributed by atoms with Crippen molar-refractivity contribution in [1.29, 1.82) is 5.26 Å². The molecule has 0 saturated heterocycles. The number of nitrogens with two attached hydrogens (primary N) is 1. The zero-order valence-corrected chi connectivity index (χ0v) is 16.6. The number of halogens is 2. The maximum Gasteiger partial charge on any atom is 0.267 e. The number of carbonyl (C=O) groups is 1. The zero-order valence-electron chi connectivity index (χ0n) is 16.6. The van der Waals surface area contributed by atoms with Crippen molar-refractivity contribution in [1.82, 2.24) is 4.98 Å². The van der Waals surface area contributed by atoms with Crippen molar-refractivity contribution in [2.75, 3.05) is 19.0 Å². The maximum absolute atomic E-state index is 13.7. The predicted octanol–water partition coefficient (Wildman–Crippen LogP) is 3.61. The van der Waals surface area contributed by atoms with E-state index in [0.29, 0.717) is 22.6 Å². The number of nitrogens with zero attached hydrogens (tertiary/aromatic N) is 2. The Morgan fingerprint density at radius 1 is 1.43 bits per heavy atom. The Bertz CT molecular complexity index is 1080. The highest BCUT2D eigenvalue weighted by atomic mass is 19.3. The second-order valence-electron chi connectivity index (χ2n) is 6.57. The number of nitriles is 1. The molecule has 9 heteroatoms. The first kappa shape index (κ1) is 21.0. The van der Waals surface area contributed by atoms with Gasteiger partial charge in [-0.25, -0.2) is 13.8 Å². The highest BCUT2D eigenvalue weighted by Gasteiger charge is 2.38. The molecule has 1 aliphatic rings. The van der Waals surface area contributed by atoms with E-state index in [1.807, 2.05) is 6.07 Å². The number of carbonyl (C=O) groups excluding carboxylic acids is 1. The van der Waals surface area contributed by atoms with Gasteiger partial charge < -0.3 is 20.5 Å². The highest BCUT2D eigenvalue weighted by molar-refractivity contribution is 5.98. The average Bonchev–Trinajstić information content (AvgIpc) is 2.72. The molecule has 1 atom stereocenters. The first-order chi connectivity index (χ1) is 14.3. The summed E-state index contributed by atoms with van der Waals surface area (Å²) in [6.07, 6.45) is -1.75. The van der Waals surface area contributed by atoms with Gasteiger partial charge in [-0.3, -0.25) is 4.79 Å². The summed E-state index contributed by atoms with van der Waals surface area (Å²) < 4.78 is 38.5. The summed E-state index contributed by atoms with van der Waals surface area (Å²) in [6, 6.07) is 6.69. The lowest BCUT2D eigenvalue weighted by Gasteiger charge is -2.32. The van der Waals surface area contributed by atoms with E-state index in [9.17, 15) is 18.8 Å². The van der Waals surface area contributed by atoms with Gasteiger partial charge in [0.2, 0.25) is 11.8 Å². The van der Waals surface area contributed by atoms with E-state index in [1.54, 1.807) is 26.0 Å². The van der Waals surface area contributed by atoms with Crippen LogP contribution in [-0.2, 0) is 4.79 Å². The predicted molar refractivity (Wildman–Crippen MR) is 105 cm³/mol. The number of methoxy groups -OCH3 is 1. The molecule has 0 fully saturated rings. The fourth-order valence-electron chi connectivity index (χ4n) is 3.62. The molecule has 0 unspecified atom stereocenters. The Hall–Kier alpha value is -3.67. The van der Waals surface area contributed by atoms with Gasteiger partial charge in [-0.05, 0) is 26.0 Å². The quantitative estimate of drug-likeness (QED) is 0.747. The van der Waals surface area contributed by atoms with Crippen LogP contribution in [-0.4, -0.2) is 24.6 Å². The molecule has 7 nitrogen and oxygen atoms in total. The monoisotopic (exact) mass is 414 g/mol. The van der Waals surface area contributed by atoms with Crippen LogP contribution in [0.15, 0.2) is 35.7 Å². The number of hydrogen-bond donors (Lipinski definition) is 2. The van der Waals surface area contributed by atoms with Gasteiger partial charge in [0.1, 0.15) is 5.75 Å². The van der Waals surface area contributed by atoms with Crippen LogP contribution in [0.1, 0.15) is 48.4 Å². The highest BCUT2D eigenvalue weighted by Crippen LogP contribution is 2.50. The lowest BCUT2D eigenvalue weighted by atomic mass is 9.79. The number of nitrogens with one attached hydrogen (secondary N) is 1. The van der Waals surface area contributed by atoms with Gasteiger partial charge >= 0.3 is 0 Å². The molecule has 0 spiro atoms. The van der Waals surface area contributed by atoms with Crippen LogP contribution in [0.4, 0.5) is 14.5 Å². The molecular formula is C21H20F2N4O3. The molecule has 0 saturated carbocycles. The van der Waals surface area contributed by atoms with Gasteiger partial charge in [-0.15, -0.1) is 0 Å².